The average Bonchev–Trinajstić information content (AvgIpc) is 2.70. The maximum atomic E-state index is 12.9. The molecule has 156 valence electrons. The number of nitrogens with one attached hydrogen (secondary N) is 1. The minimum Gasteiger partial charge on any atom is -0.484 e. The summed E-state index contributed by atoms with van der Waals surface area (Å²) >= 11 is 0. The number of hydrogen-bond donors (Lipinski definition) is 1. The first kappa shape index (κ1) is 22.5. The fourth-order valence-corrected chi connectivity index (χ4v) is 2.96. The van der Waals surface area contributed by atoms with Crippen LogP contribution in [0.1, 0.15) is 44.4 Å². The second-order valence-electron chi connectivity index (χ2n) is 8.36. The minimum absolute atomic E-state index is 0.0577. The fraction of sp³-hybridized carbons (Fsp3) is 0.417. The van der Waals surface area contributed by atoms with Crippen LogP contribution in [0.25, 0.3) is 0 Å². The molecule has 0 fully saturated rings. The van der Waals surface area contributed by atoms with E-state index in [2.05, 4.69) is 26.1 Å². The van der Waals surface area contributed by atoms with E-state index in [0.29, 0.717) is 12.3 Å². The zero-order valence-electron chi connectivity index (χ0n) is 18.3. The largest absolute Gasteiger partial charge is 0.484 e. The summed E-state index contributed by atoms with van der Waals surface area (Å²) in [5, 5.41) is 2.62. The van der Waals surface area contributed by atoms with Crippen LogP contribution in [-0.4, -0.2) is 36.4 Å². The van der Waals surface area contributed by atoms with E-state index in [-0.39, 0.29) is 23.8 Å². The van der Waals surface area contributed by atoms with Gasteiger partial charge >= 0.3 is 0 Å². The molecule has 0 heterocycles. The number of benzene rings is 2. The second kappa shape index (κ2) is 9.59. The van der Waals surface area contributed by atoms with Crippen LogP contribution in [0.5, 0.6) is 5.75 Å². The van der Waals surface area contributed by atoms with Crippen molar-refractivity contribution in [3.8, 4) is 5.75 Å². The van der Waals surface area contributed by atoms with E-state index < -0.39 is 6.04 Å². The number of carbonyl (C=O) groups excluding carboxylic acids is 2. The molecule has 0 aliphatic heterocycles. The molecule has 2 amide bonds. The predicted octanol–water partition coefficient (Wildman–Crippen LogP) is 3.83. The summed E-state index contributed by atoms with van der Waals surface area (Å²) in [5.74, 6) is 0.191. The van der Waals surface area contributed by atoms with E-state index in [1.807, 2.05) is 55.5 Å². The van der Waals surface area contributed by atoms with Crippen molar-refractivity contribution < 1.29 is 14.3 Å². The van der Waals surface area contributed by atoms with Gasteiger partial charge in [-0.15, -0.1) is 0 Å². The standard InChI is InChI=1S/C24H32N2O3/c1-17-7-9-19(10-8-17)15-26(18(2)23(28)25-6)22(27)16-29-21-13-11-20(12-14-21)24(3,4)5/h7-14,18H,15-16H2,1-6H3,(H,25,28). The van der Waals surface area contributed by atoms with Gasteiger partial charge in [-0.05, 0) is 42.5 Å². The van der Waals surface area contributed by atoms with Gasteiger partial charge in [0.25, 0.3) is 5.91 Å². The normalized spacial score (nSPS) is 12.2. The Balaban J connectivity index is 2.10. The molecular weight excluding hydrogens is 364 g/mol. The highest BCUT2D eigenvalue weighted by atomic mass is 16.5. The lowest BCUT2D eigenvalue weighted by Crippen LogP contribution is -2.48. The Labute approximate surface area is 174 Å². The Morgan fingerprint density at radius 1 is 1.03 bits per heavy atom. The van der Waals surface area contributed by atoms with E-state index in [4.69, 9.17) is 4.74 Å². The molecule has 5 heteroatoms. The third-order valence-electron chi connectivity index (χ3n) is 4.97. The van der Waals surface area contributed by atoms with Crippen LogP contribution in [0.4, 0.5) is 0 Å². The molecule has 1 N–H and O–H groups in total. The molecule has 2 aromatic carbocycles. The van der Waals surface area contributed by atoms with Gasteiger partial charge in [-0.3, -0.25) is 9.59 Å². The lowest BCUT2D eigenvalue weighted by molar-refractivity contribution is -0.142. The molecular formula is C24H32N2O3. The third kappa shape index (κ3) is 6.34. The summed E-state index contributed by atoms with van der Waals surface area (Å²) in [6.07, 6.45) is 0. The summed E-state index contributed by atoms with van der Waals surface area (Å²) in [6.45, 7) is 10.4. The summed E-state index contributed by atoms with van der Waals surface area (Å²) in [4.78, 5) is 26.6. The maximum absolute atomic E-state index is 12.9. The highest BCUT2D eigenvalue weighted by Crippen LogP contribution is 2.24. The number of hydrogen-bond acceptors (Lipinski definition) is 3. The van der Waals surface area contributed by atoms with Crippen molar-refractivity contribution in [2.75, 3.05) is 13.7 Å². The van der Waals surface area contributed by atoms with Crippen molar-refractivity contribution >= 4 is 11.8 Å². The summed E-state index contributed by atoms with van der Waals surface area (Å²) in [5.41, 5.74) is 3.37. The topological polar surface area (TPSA) is 58.6 Å². The molecule has 0 saturated carbocycles. The monoisotopic (exact) mass is 396 g/mol. The van der Waals surface area contributed by atoms with E-state index in [9.17, 15) is 9.59 Å². The molecule has 0 aliphatic rings. The Hall–Kier alpha value is -2.82. The third-order valence-corrected chi connectivity index (χ3v) is 4.97. The zero-order valence-corrected chi connectivity index (χ0v) is 18.3. The summed E-state index contributed by atoms with van der Waals surface area (Å²) < 4.78 is 5.71. The molecule has 2 aromatic rings. The van der Waals surface area contributed by atoms with Gasteiger partial charge in [-0.1, -0.05) is 62.7 Å². The SMILES string of the molecule is CNC(=O)C(C)N(Cc1ccc(C)cc1)C(=O)COc1ccc(C(C)(C)C)cc1. The number of carbonyl (C=O) groups is 2. The lowest BCUT2D eigenvalue weighted by Gasteiger charge is -2.28. The van der Waals surface area contributed by atoms with Gasteiger partial charge in [0, 0.05) is 13.6 Å². The molecule has 0 aromatic heterocycles. The first-order chi connectivity index (χ1) is 13.6. The van der Waals surface area contributed by atoms with Crippen molar-refractivity contribution in [3.63, 3.8) is 0 Å². The molecule has 0 spiro atoms. The predicted molar refractivity (Wildman–Crippen MR) is 116 cm³/mol. The summed E-state index contributed by atoms with van der Waals surface area (Å²) in [7, 11) is 1.57. The van der Waals surface area contributed by atoms with E-state index in [1.165, 1.54) is 5.56 Å². The number of rotatable bonds is 7. The van der Waals surface area contributed by atoms with Crippen molar-refractivity contribution in [3.05, 3.63) is 65.2 Å². The Bertz CT molecular complexity index is 821. The molecule has 2 rings (SSSR count). The molecule has 0 bridgehead atoms. The first-order valence-electron chi connectivity index (χ1n) is 9.91. The maximum Gasteiger partial charge on any atom is 0.261 e. The van der Waals surface area contributed by atoms with E-state index in [1.54, 1.807) is 18.9 Å². The van der Waals surface area contributed by atoms with Gasteiger partial charge in [0.2, 0.25) is 5.91 Å². The Morgan fingerprint density at radius 2 is 1.62 bits per heavy atom. The molecule has 5 nitrogen and oxygen atoms in total. The van der Waals surface area contributed by atoms with Gasteiger partial charge in [-0.25, -0.2) is 0 Å². The number of ether oxygens (including phenoxy) is 1. The van der Waals surface area contributed by atoms with Gasteiger partial charge in [0.1, 0.15) is 11.8 Å². The number of amides is 2. The summed E-state index contributed by atoms with van der Waals surface area (Å²) in [6, 6.07) is 15.1. The van der Waals surface area contributed by atoms with Gasteiger partial charge < -0.3 is 15.0 Å². The Kier molecular flexibility index (Phi) is 7.43. The molecule has 29 heavy (non-hydrogen) atoms. The van der Waals surface area contributed by atoms with E-state index >= 15 is 0 Å². The van der Waals surface area contributed by atoms with Crippen LogP contribution in [0.3, 0.4) is 0 Å². The molecule has 1 atom stereocenters. The molecule has 0 saturated heterocycles. The zero-order chi connectivity index (χ0) is 21.6. The Morgan fingerprint density at radius 3 is 2.14 bits per heavy atom. The fourth-order valence-electron chi connectivity index (χ4n) is 2.96. The quantitative estimate of drug-likeness (QED) is 0.774. The van der Waals surface area contributed by atoms with Crippen molar-refractivity contribution in [1.29, 1.82) is 0 Å². The van der Waals surface area contributed by atoms with Crippen LogP contribution in [0.15, 0.2) is 48.5 Å². The van der Waals surface area contributed by atoms with Crippen LogP contribution in [0, 0.1) is 6.92 Å². The molecule has 0 aliphatic carbocycles. The highest BCUT2D eigenvalue weighted by molar-refractivity contribution is 5.87. The first-order valence-corrected chi connectivity index (χ1v) is 9.91. The molecule has 1 unspecified atom stereocenters. The highest BCUT2D eigenvalue weighted by Gasteiger charge is 2.26. The smallest absolute Gasteiger partial charge is 0.261 e. The van der Waals surface area contributed by atoms with Crippen molar-refractivity contribution in [1.82, 2.24) is 10.2 Å². The second-order valence-corrected chi connectivity index (χ2v) is 8.36. The van der Waals surface area contributed by atoms with Gasteiger partial charge in [0.05, 0.1) is 0 Å². The van der Waals surface area contributed by atoms with Crippen LogP contribution < -0.4 is 10.1 Å². The van der Waals surface area contributed by atoms with Crippen molar-refractivity contribution in [2.45, 2.75) is 52.6 Å². The van der Waals surface area contributed by atoms with Crippen molar-refractivity contribution in [2.24, 2.45) is 0 Å². The number of aryl methyl sites for hydroxylation is 1. The van der Waals surface area contributed by atoms with E-state index in [0.717, 1.165) is 11.1 Å². The van der Waals surface area contributed by atoms with Gasteiger partial charge in [-0.2, -0.15) is 0 Å². The lowest BCUT2D eigenvalue weighted by atomic mass is 9.87. The number of likely N-dealkylation sites (N-methyl/N-ethyl adjacent to an activating group) is 1. The number of nitrogens with zero attached hydrogens (tertiary/aromatic N) is 1. The average molecular weight is 397 g/mol. The van der Waals surface area contributed by atoms with Crippen LogP contribution >= 0.6 is 0 Å². The van der Waals surface area contributed by atoms with Crippen LogP contribution in [0.2, 0.25) is 0 Å². The minimum atomic E-state index is -0.597. The molecule has 0 radical (unpaired) electrons. The van der Waals surface area contributed by atoms with Gasteiger partial charge in [0.15, 0.2) is 6.61 Å². The van der Waals surface area contributed by atoms with Crippen LogP contribution in [-0.2, 0) is 21.5 Å².